The second-order valence-electron chi connectivity index (χ2n) is 8.03. The number of guanidine groups is 1. The highest BCUT2D eigenvalue weighted by Gasteiger charge is 2.21. The number of halogens is 1. The van der Waals surface area contributed by atoms with Gasteiger partial charge in [0.1, 0.15) is 15.4 Å². The number of amides is 1. The lowest BCUT2D eigenvalue weighted by Crippen LogP contribution is -2.46. The molecule has 0 fully saturated rings. The quantitative estimate of drug-likeness (QED) is 0.259. The molecule has 0 aliphatic heterocycles. The van der Waals surface area contributed by atoms with Gasteiger partial charge in [0.15, 0.2) is 5.96 Å². The van der Waals surface area contributed by atoms with Gasteiger partial charge in [-0.3, -0.25) is 4.99 Å². The second-order valence-corrected chi connectivity index (χ2v) is 10.3. The van der Waals surface area contributed by atoms with Crippen LogP contribution >= 0.6 is 24.0 Å². The van der Waals surface area contributed by atoms with Gasteiger partial charge in [0.25, 0.3) is 0 Å². The first kappa shape index (κ1) is 28.4. The Morgan fingerprint density at radius 2 is 1.77 bits per heavy atom. The molecule has 0 saturated carbocycles. The van der Waals surface area contributed by atoms with Crippen molar-refractivity contribution in [3.63, 3.8) is 0 Å². The average molecular weight is 554 g/mol. The van der Waals surface area contributed by atoms with Crippen LogP contribution in [0, 0.1) is 0 Å². The van der Waals surface area contributed by atoms with Crippen molar-refractivity contribution < 1.29 is 17.9 Å². The molecule has 0 aromatic heterocycles. The topological polar surface area (TPSA) is 109 Å². The number of nitrogens with one attached hydrogen (secondary N) is 3. The highest BCUT2D eigenvalue weighted by Crippen LogP contribution is 2.14. The number of nitrogens with zero attached hydrogens (tertiary/aromatic N) is 1. The van der Waals surface area contributed by atoms with Gasteiger partial charge in [-0.2, -0.15) is 0 Å². The molecule has 0 heterocycles. The molecule has 8 nitrogen and oxygen atoms in total. The van der Waals surface area contributed by atoms with Crippen LogP contribution < -0.4 is 16.0 Å². The zero-order valence-electron chi connectivity index (χ0n) is 18.6. The fourth-order valence-electron chi connectivity index (χ4n) is 2.48. The minimum Gasteiger partial charge on any atom is -0.444 e. The van der Waals surface area contributed by atoms with Crippen LogP contribution in [-0.4, -0.2) is 57.7 Å². The molecule has 1 amide bonds. The smallest absolute Gasteiger partial charge is 0.408 e. The zero-order valence-corrected chi connectivity index (χ0v) is 21.7. The van der Waals surface area contributed by atoms with E-state index in [1.54, 1.807) is 7.05 Å². The van der Waals surface area contributed by atoms with E-state index in [1.807, 2.05) is 58.0 Å². The Bertz CT molecular complexity index is 780. The van der Waals surface area contributed by atoms with Gasteiger partial charge in [0, 0.05) is 25.9 Å². The fraction of sp³-hybridized carbons (Fsp3) is 0.600. The third-order valence-electron chi connectivity index (χ3n) is 3.89. The summed E-state index contributed by atoms with van der Waals surface area (Å²) in [6.45, 7) is 7.71. The number of sulfone groups is 1. The standard InChI is InChI=1S/C20H34N4O4S.HI/c1-15(12-13-29(6,26)27)23-18(21-5)22-14-17(16-10-8-7-9-11-16)24-19(25)28-20(2,3)4;/h7-11,15,17H,12-14H2,1-6H3,(H,24,25)(H2,21,22,23);1H. The summed E-state index contributed by atoms with van der Waals surface area (Å²) < 4.78 is 28.0. The summed E-state index contributed by atoms with van der Waals surface area (Å²) in [5.41, 5.74) is 0.331. The predicted molar refractivity (Wildman–Crippen MR) is 132 cm³/mol. The molecule has 0 bridgehead atoms. The van der Waals surface area contributed by atoms with Gasteiger partial charge < -0.3 is 20.7 Å². The summed E-state index contributed by atoms with van der Waals surface area (Å²) >= 11 is 0. The number of rotatable bonds is 8. The molecular weight excluding hydrogens is 519 g/mol. The summed E-state index contributed by atoms with van der Waals surface area (Å²) in [5.74, 6) is 0.628. The van der Waals surface area contributed by atoms with Crippen molar-refractivity contribution in [3.8, 4) is 0 Å². The van der Waals surface area contributed by atoms with Crippen LogP contribution in [0.1, 0.15) is 45.7 Å². The number of benzene rings is 1. The van der Waals surface area contributed by atoms with Crippen LogP contribution in [0.4, 0.5) is 4.79 Å². The largest absolute Gasteiger partial charge is 0.444 e. The summed E-state index contributed by atoms with van der Waals surface area (Å²) in [6, 6.07) is 9.15. The number of hydrogen-bond acceptors (Lipinski definition) is 5. The van der Waals surface area contributed by atoms with Crippen molar-refractivity contribution >= 4 is 45.9 Å². The van der Waals surface area contributed by atoms with Gasteiger partial charge in [-0.05, 0) is 39.7 Å². The van der Waals surface area contributed by atoms with Crippen LogP contribution in [0.3, 0.4) is 0 Å². The van der Waals surface area contributed by atoms with E-state index >= 15 is 0 Å². The summed E-state index contributed by atoms with van der Waals surface area (Å²) in [6.07, 6.45) is 1.19. The first-order chi connectivity index (χ1) is 13.4. The number of hydrogen-bond donors (Lipinski definition) is 3. The minimum absolute atomic E-state index is 0. The van der Waals surface area contributed by atoms with Crippen LogP contribution in [-0.2, 0) is 14.6 Å². The Kier molecular flexibility index (Phi) is 12.3. The first-order valence-corrected chi connectivity index (χ1v) is 11.6. The molecule has 0 saturated heterocycles. The lowest BCUT2D eigenvalue weighted by molar-refractivity contribution is 0.0504. The van der Waals surface area contributed by atoms with Gasteiger partial charge in [0.05, 0.1) is 11.8 Å². The molecule has 0 spiro atoms. The third-order valence-corrected chi connectivity index (χ3v) is 4.87. The van der Waals surface area contributed by atoms with Gasteiger partial charge in [0.2, 0.25) is 0 Å². The first-order valence-electron chi connectivity index (χ1n) is 9.59. The zero-order chi connectivity index (χ0) is 22.1. The van der Waals surface area contributed by atoms with E-state index in [2.05, 4.69) is 20.9 Å². The van der Waals surface area contributed by atoms with Gasteiger partial charge >= 0.3 is 6.09 Å². The Hall–Kier alpha value is -1.56. The van der Waals surface area contributed by atoms with E-state index < -0.39 is 21.5 Å². The molecule has 2 unspecified atom stereocenters. The van der Waals surface area contributed by atoms with Crippen molar-refractivity contribution in [2.45, 2.75) is 51.8 Å². The number of carbonyl (C=O) groups is 1. The summed E-state index contributed by atoms with van der Waals surface area (Å²) in [4.78, 5) is 16.4. The number of aliphatic imine (C=N–C) groups is 1. The van der Waals surface area contributed by atoms with Crippen molar-refractivity contribution in [1.29, 1.82) is 0 Å². The highest BCUT2D eigenvalue weighted by molar-refractivity contribution is 14.0. The van der Waals surface area contributed by atoms with Crippen molar-refractivity contribution in [2.75, 3.05) is 25.6 Å². The highest BCUT2D eigenvalue weighted by atomic mass is 127. The number of carbonyl (C=O) groups excluding carboxylic acids is 1. The van der Waals surface area contributed by atoms with E-state index in [-0.39, 0.29) is 41.8 Å². The number of ether oxygens (including phenoxy) is 1. The third kappa shape index (κ3) is 12.9. The van der Waals surface area contributed by atoms with Gasteiger partial charge in [-0.15, -0.1) is 24.0 Å². The molecule has 10 heteroatoms. The lowest BCUT2D eigenvalue weighted by atomic mass is 10.1. The molecule has 0 radical (unpaired) electrons. The Morgan fingerprint density at radius 1 is 1.17 bits per heavy atom. The van der Waals surface area contributed by atoms with Gasteiger partial charge in [-0.1, -0.05) is 30.3 Å². The average Bonchev–Trinajstić information content (AvgIpc) is 2.60. The predicted octanol–water partition coefficient (Wildman–Crippen LogP) is 2.86. The molecule has 30 heavy (non-hydrogen) atoms. The van der Waals surface area contributed by atoms with E-state index in [0.717, 1.165) is 5.56 Å². The van der Waals surface area contributed by atoms with E-state index in [0.29, 0.717) is 18.9 Å². The normalized spacial score (nSPS) is 14.1. The van der Waals surface area contributed by atoms with Crippen LogP contribution in [0.25, 0.3) is 0 Å². The fourth-order valence-corrected chi connectivity index (χ4v) is 3.26. The molecule has 0 aliphatic carbocycles. The Balaban J connectivity index is 0.00000841. The molecular formula is C20H35IN4O4S. The summed E-state index contributed by atoms with van der Waals surface area (Å²) in [5, 5.41) is 9.23. The second kappa shape index (κ2) is 13.0. The molecule has 1 rings (SSSR count). The van der Waals surface area contributed by atoms with Crippen molar-refractivity contribution in [2.24, 2.45) is 4.99 Å². The molecule has 2 atom stereocenters. The van der Waals surface area contributed by atoms with Crippen LogP contribution in [0.2, 0.25) is 0 Å². The molecule has 1 aromatic carbocycles. The van der Waals surface area contributed by atoms with E-state index in [9.17, 15) is 13.2 Å². The lowest BCUT2D eigenvalue weighted by Gasteiger charge is -2.25. The maximum atomic E-state index is 12.2. The monoisotopic (exact) mass is 554 g/mol. The SMILES string of the molecule is CN=C(NCC(NC(=O)OC(C)(C)C)c1ccccc1)NC(C)CCS(C)(=O)=O.I. The minimum atomic E-state index is -3.01. The van der Waals surface area contributed by atoms with E-state index in [1.165, 1.54) is 6.26 Å². The molecule has 1 aromatic rings. The molecule has 0 aliphatic rings. The van der Waals surface area contributed by atoms with E-state index in [4.69, 9.17) is 4.74 Å². The van der Waals surface area contributed by atoms with Crippen molar-refractivity contribution in [1.82, 2.24) is 16.0 Å². The Labute approximate surface area is 197 Å². The number of alkyl carbamates (subject to hydrolysis) is 1. The van der Waals surface area contributed by atoms with Gasteiger partial charge in [-0.25, -0.2) is 13.2 Å². The summed E-state index contributed by atoms with van der Waals surface area (Å²) in [7, 11) is -1.38. The van der Waals surface area contributed by atoms with Crippen LogP contribution in [0.15, 0.2) is 35.3 Å². The molecule has 172 valence electrons. The van der Waals surface area contributed by atoms with Crippen LogP contribution in [0.5, 0.6) is 0 Å². The maximum absolute atomic E-state index is 12.2. The van der Waals surface area contributed by atoms with Crippen molar-refractivity contribution in [3.05, 3.63) is 35.9 Å². The Morgan fingerprint density at radius 3 is 2.27 bits per heavy atom. The maximum Gasteiger partial charge on any atom is 0.408 e. The molecule has 3 N–H and O–H groups in total.